The fourth-order valence-electron chi connectivity index (χ4n) is 2.98. The van der Waals surface area contributed by atoms with Crippen LogP contribution in [0.25, 0.3) is 10.2 Å². The molecular formula is C20H21N3O4S2. The summed E-state index contributed by atoms with van der Waals surface area (Å²) in [5.74, 6) is 1.49. The van der Waals surface area contributed by atoms with Crippen LogP contribution in [0.3, 0.4) is 0 Å². The molecule has 1 aromatic carbocycles. The first-order valence-corrected chi connectivity index (χ1v) is 11.3. The first kappa shape index (κ1) is 19.8. The van der Waals surface area contributed by atoms with Crippen molar-refractivity contribution in [3.8, 4) is 11.5 Å². The number of rotatable bonds is 8. The number of ether oxygens (including phenoxy) is 2. The van der Waals surface area contributed by atoms with Gasteiger partial charge in [0.05, 0.1) is 11.3 Å². The van der Waals surface area contributed by atoms with E-state index < -0.39 is 0 Å². The fraction of sp³-hybridized carbons (Fsp3) is 0.350. The lowest BCUT2D eigenvalue weighted by molar-refractivity contribution is -0.118. The lowest BCUT2D eigenvalue weighted by atomic mass is 10.2. The molecule has 0 atom stereocenters. The zero-order chi connectivity index (χ0) is 20.2. The van der Waals surface area contributed by atoms with Crippen LogP contribution >= 0.6 is 23.1 Å². The number of amides is 1. The predicted molar refractivity (Wildman–Crippen MR) is 114 cm³/mol. The summed E-state index contributed by atoms with van der Waals surface area (Å²) in [7, 11) is 0. The molecule has 0 unspecified atom stereocenters. The number of thioether (sulfide) groups is 1. The van der Waals surface area contributed by atoms with Crippen molar-refractivity contribution in [2.24, 2.45) is 0 Å². The van der Waals surface area contributed by atoms with Gasteiger partial charge in [0.1, 0.15) is 4.70 Å². The Bertz CT molecular complexity index is 1090. The highest BCUT2D eigenvalue weighted by Crippen LogP contribution is 2.32. The van der Waals surface area contributed by atoms with E-state index in [0.29, 0.717) is 34.2 Å². The van der Waals surface area contributed by atoms with Crippen molar-refractivity contribution < 1.29 is 14.3 Å². The van der Waals surface area contributed by atoms with Gasteiger partial charge in [0.2, 0.25) is 12.7 Å². The van der Waals surface area contributed by atoms with E-state index in [0.717, 1.165) is 24.2 Å². The average Bonchev–Trinajstić information content (AvgIpc) is 3.39. The van der Waals surface area contributed by atoms with Gasteiger partial charge in [-0.05, 0) is 35.6 Å². The Morgan fingerprint density at radius 3 is 3.03 bits per heavy atom. The van der Waals surface area contributed by atoms with E-state index in [-0.39, 0.29) is 24.0 Å². The van der Waals surface area contributed by atoms with Crippen molar-refractivity contribution >= 4 is 39.2 Å². The topological polar surface area (TPSA) is 82.5 Å². The second-order valence-corrected chi connectivity index (χ2v) is 8.45. The van der Waals surface area contributed by atoms with Crippen LogP contribution in [-0.2, 0) is 17.9 Å². The van der Waals surface area contributed by atoms with E-state index in [1.165, 1.54) is 23.1 Å². The first-order valence-electron chi connectivity index (χ1n) is 9.41. The fourth-order valence-corrected chi connectivity index (χ4v) is 4.61. The molecule has 9 heteroatoms. The summed E-state index contributed by atoms with van der Waals surface area (Å²) in [5.41, 5.74) is 1.60. The van der Waals surface area contributed by atoms with E-state index in [9.17, 15) is 9.59 Å². The van der Waals surface area contributed by atoms with Gasteiger partial charge in [0.15, 0.2) is 16.7 Å². The Labute approximate surface area is 176 Å². The molecule has 1 N–H and O–H groups in total. The molecule has 0 bridgehead atoms. The van der Waals surface area contributed by atoms with Crippen LogP contribution in [0.5, 0.6) is 11.5 Å². The molecule has 0 aliphatic carbocycles. The summed E-state index contributed by atoms with van der Waals surface area (Å²) in [4.78, 5) is 29.7. The number of nitrogens with zero attached hydrogens (tertiary/aromatic N) is 2. The maximum Gasteiger partial charge on any atom is 0.272 e. The number of fused-ring (bicyclic) bond motifs is 2. The van der Waals surface area contributed by atoms with Crippen LogP contribution in [0.4, 0.5) is 0 Å². The van der Waals surface area contributed by atoms with Crippen LogP contribution in [0, 0.1) is 0 Å². The molecule has 1 aliphatic rings. The monoisotopic (exact) mass is 431 g/mol. The molecule has 0 saturated heterocycles. The van der Waals surface area contributed by atoms with Gasteiger partial charge in [0.25, 0.3) is 5.56 Å². The number of aromatic nitrogens is 2. The second-order valence-electron chi connectivity index (χ2n) is 6.59. The number of nitrogens with one attached hydrogen (secondary N) is 1. The highest BCUT2D eigenvalue weighted by Gasteiger charge is 2.15. The number of carbonyl (C=O) groups excluding carboxylic acids is 1. The van der Waals surface area contributed by atoms with Crippen LogP contribution < -0.4 is 20.3 Å². The maximum atomic E-state index is 12.8. The Kier molecular flexibility index (Phi) is 6.05. The molecular weight excluding hydrogens is 410 g/mol. The Morgan fingerprint density at radius 2 is 2.17 bits per heavy atom. The number of hydrogen-bond donors (Lipinski definition) is 1. The molecule has 0 spiro atoms. The van der Waals surface area contributed by atoms with E-state index in [4.69, 9.17) is 9.47 Å². The van der Waals surface area contributed by atoms with Gasteiger partial charge in [0, 0.05) is 13.1 Å². The third-order valence-corrected chi connectivity index (χ3v) is 6.39. The highest BCUT2D eigenvalue weighted by molar-refractivity contribution is 7.99. The summed E-state index contributed by atoms with van der Waals surface area (Å²) in [6.45, 7) is 3.31. The standard InChI is InChI=1S/C20H21N3O4S2/c1-2-3-7-23-19(25)18-14(6-8-28-18)22-20(23)29-11-17(24)21-10-13-4-5-15-16(9-13)27-12-26-15/h4-6,8-9H,2-3,7,10-12H2,1H3,(H,21,24). The average molecular weight is 432 g/mol. The lowest BCUT2D eigenvalue weighted by Crippen LogP contribution is -2.26. The van der Waals surface area contributed by atoms with Gasteiger partial charge >= 0.3 is 0 Å². The van der Waals surface area contributed by atoms with Gasteiger partial charge in [-0.15, -0.1) is 11.3 Å². The van der Waals surface area contributed by atoms with Crippen molar-refractivity contribution in [3.63, 3.8) is 0 Å². The molecule has 7 nitrogen and oxygen atoms in total. The SMILES string of the molecule is CCCCn1c(SCC(=O)NCc2ccc3c(c2)OCO3)nc2ccsc2c1=O. The smallest absolute Gasteiger partial charge is 0.272 e. The van der Waals surface area contributed by atoms with Gasteiger partial charge in [-0.25, -0.2) is 4.98 Å². The summed E-state index contributed by atoms with van der Waals surface area (Å²) >= 11 is 2.70. The first-order chi connectivity index (χ1) is 14.2. The third-order valence-electron chi connectivity index (χ3n) is 4.53. The van der Waals surface area contributed by atoms with E-state index in [1.807, 2.05) is 29.6 Å². The normalized spacial score (nSPS) is 12.4. The molecule has 29 heavy (non-hydrogen) atoms. The molecule has 3 heterocycles. The van der Waals surface area contributed by atoms with Crippen LogP contribution in [0.15, 0.2) is 39.6 Å². The largest absolute Gasteiger partial charge is 0.454 e. The zero-order valence-electron chi connectivity index (χ0n) is 16.0. The molecule has 4 rings (SSSR count). The minimum Gasteiger partial charge on any atom is -0.454 e. The predicted octanol–water partition coefficient (Wildman–Crippen LogP) is 3.40. The summed E-state index contributed by atoms with van der Waals surface area (Å²) in [6.07, 6.45) is 1.87. The highest BCUT2D eigenvalue weighted by atomic mass is 32.2. The van der Waals surface area contributed by atoms with Gasteiger partial charge < -0.3 is 14.8 Å². The van der Waals surface area contributed by atoms with Gasteiger partial charge in [-0.3, -0.25) is 14.2 Å². The summed E-state index contributed by atoms with van der Waals surface area (Å²) in [5, 5.41) is 5.36. The molecule has 152 valence electrons. The Morgan fingerprint density at radius 1 is 1.31 bits per heavy atom. The molecule has 3 aromatic rings. The maximum absolute atomic E-state index is 12.8. The number of carbonyl (C=O) groups is 1. The van der Waals surface area contributed by atoms with Crippen LogP contribution in [-0.4, -0.2) is 28.0 Å². The van der Waals surface area contributed by atoms with Crippen molar-refractivity contribution in [2.45, 2.75) is 38.0 Å². The minimum atomic E-state index is -0.116. The number of hydrogen-bond acceptors (Lipinski definition) is 7. The lowest BCUT2D eigenvalue weighted by Gasteiger charge is -2.11. The van der Waals surface area contributed by atoms with Crippen molar-refractivity contribution in [2.75, 3.05) is 12.5 Å². The number of benzene rings is 1. The van der Waals surface area contributed by atoms with E-state index in [1.54, 1.807) is 4.57 Å². The quantitative estimate of drug-likeness (QED) is 0.435. The second kappa shape index (κ2) is 8.87. The molecule has 1 aliphatic heterocycles. The minimum absolute atomic E-state index is 0.0262. The molecule has 1 amide bonds. The van der Waals surface area contributed by atoms with Crippen LogP contribution in [0.1, 0.15) is 25.3 Å². The number of thiophene rings is 1. The zero-order valence-corrected chi connectivity index (χ0v) is 17.6. The van der Waals surface area contributed by atoms with E-state index in [2.05, 4.69) is 17.2 Å². The van der Waals surface area contributed by atoms with Gasteiger partial charge in [-0.1, -0.05) is 31.2 Å². The van der Waals surface area contributed by atoms with Crippen LogP contribution in [0.2, 0.25) is 0 Å². The van der Waals surface area contributed by atoms with Gasteiger partial charge in [-0.2, -0.15) is 0 Å². The summed E-state index contributed by atoms with van der Waals surface area (Å²) in [6, 6.07) is 7.44. The third kappa shape index (κ3) is 4.40. The summed E-state index contributed by atoms with van der Waals surface area (Å²) < 4.78 is 13.0. The van der Waals surface area contributed by atoms with Crippen molar-refractivity contribution in [1.29, 1.82) is 0 Å². The van der Waals surface area contributed by atoms with Crippen molar-refractivity contribution in [3.05, 3.63) is 45.6 Å². The molecule has 0 saturated carbocycles. The van der Waals surface area contributed by atoms with E-state index >= 15 is 0 Å². The molecule has 2 aromatic heterocycles. The Hall–Kier alpha value is -2.52. The Balaban J connectivity index is 1.40. The molecule has 0 radical (unpaired) electrons. The molecule has 0 fully saturated rings. The number of unbranched alkanes of at least 4 members (excludes halogenated alkanes) is 1. The van der Waals surface area contributed by atoms with Crippen molar-refractivity contribution in [1.82, 2.24) is 14.9 Å².